The summed E-state index contributed by atoms with van der Waals surface area (Å²) in [6.45, 7) is 0.332. The molecule has 110 valence electrons. The Hall–Kier alpha value is -3.15. The molecule has 0 bridgehead atoms. The zero-order valence-electron chi connectivity index (χ0n) is 11.7. The standard InChI is InChI=1S/C16H14N4O2/c21-15(19-13-7-4-8-17-9-13)14-10-18-16(22)20(14)11-12-5-2-1-3-6-12/h1-10H,11H2,(H,18,22)(H,19,21). The Morgan fingerprint density at radius 2 is 2.00 bits per heavy atom. The van der Waals surface area contributed by atoms with Gasteiger partial charge in [-0.2, -0.15) is 0 Å². The van der Waals surface area contributed by atoms with Crippen LogP contribution in [0.5, 0.6) is 0 Å². The molecule has 0 aliphatic heterocycles. The van der Waals surface area contributed by atoms with Crippen molar-refractivity contribution < 1.29 is 4.79 Å². The average molecular weight is 294 g/mol. The van der Waals surface area contributed by atoms with Crippen molar-refractivity contribution in [1.29, 1.82) is 0 Å². The van der Waals surface area contributed by atoms with Gasteiger partial charge in [0.05, 0.1) is 18.4 Å². The first-order valence-corrected chi connectivity index (χ1v) is 6.77. The van der Waals surface area contributed by atoms with Gasteiger partial charge in [-0.15, -0.1) is 0 Å². The Morgan fingerprint density at radius 3 is 2.73 bits per heavy atom. The van der Waals surface area contributed by atoms with Crippen molar-refractivity contribution >= 4 is 11.6 Å². The zero-order valence-corrected chi connectivity index (χ0v) is 11.7. The second kappa shape index (κ2) is 6.09. The molecule has 2 N–H and O–H groups in total. The SMILES string of the molecule is O=C(Nc1cccnc1)c1c[nH]c(=O)n1Cc1ccccc1. The topological polar surface area (TPSA) is 79.8 Å². The van der Waals surface area contributed by atoms with Gasteiger partial charge in [0.15, 0.2) is 0 Å². The molecule has 3 aromatic rings. The van der Waals surface area contributed by atoms with E-state index in [9.17, 15) is 9.59 Å². The Bertz CT molecular complexity index is 822. The highest BCUT2D eigenvalue weighted by atomic mass is 16.2. The van der Waals surface area contributed by atoms with E-state index in [1.165, 1.54) is 10.8 Å². The fourth-order valence-electron chi connectivity index (χ4n) is 2.14. The molecule has 0 saturated carbocycles. The van der Waals surface area contributed by atoms with Crippen molar-refractivity contribution in [3.05, 3.63) is 82.8 Å². The van der Waals surface area contributed by atoms with E-state index in [1.54, 1.807) is 24.5 Å². The molecule has 0 saturated heterocycles. The Morgan fingerprint density at radius 1 is 1.18 bits per heavy atom. The van der Waals surface area contributed by atoms with Gasteiger partial charge in [-0.1, -0.05) is 30.3 Å². The van der Waals surface area contributed by atoms with E-state index >= 15 is 0 Å². The molecule has 6 nitrogen and oxygen atoms in total. The maximum absolute atomic E-state index is 12.3. The lowest BCUT2D eigenvalue weighted by molar-refractivity contribution is 0.101. The lowest BCUT2D eigenvalue weighted by atomic mass is 10.2. The fraction of sp³-hybridized carbons (Fsp3) is 0.0625. The predicted octanol–water partition coefficient (Wildman–Crippen LogP) is 1.87. The summed E-state index contributed by atoms with van der Waals surface area (Å²) >= 11 is 0. The predicted molar refractivity (Wildman–Crippen MR) is 82.8 cm³/mol. The van der Waals surface area contributed by atoms with Gasteiger partial charge in [0, 0.05) is 12.4 Å². The largest absolute Gasteiger partial charge is 0.326 e. The van der Waals surface area contributed by atoms with Gasteiger partial charge in [0.1, 0.15) is 5.69 Å². The van der Waals surface area contributed by atoms with Crippen LogP contribution in [0.15, 0.2) is 65.8 Å². The summed E-state index contributed by atoms with van der Waals surface area (Å²) in [5.41, 5.74) is 1.48. The zero-order chi connectivity index (χ0) is 15.4. The molecule has 0 radical (unpaired) electrons. The van der Waals surface area contributed by atoms with E-state index in [0.29, 0.717) is 12.2 Å². The summed E-state index contributed by atoms with van der Waals surface area (Å²) in [4.78, 5) is 30.7. The maximum Gasteiger partial charge on any atom is 0.326 e. The molecule has 1 aromatic carbocycles. The van der Waals surface area contributed by atoms with Crippen LogP contribution in [0.3, 0.4) is 0 Å². The Kier molecular flexibility index (Phi) is 3.82. The first kappa shape index (κ1) is 13.8. The summed E-state index contributed by atoms with van der Waals surface area (Å²) < 4.78 is 1.40. The number of aromatic nitrogens is 3. The number of imidazole rings is 1. The van der Waals surface area contributed by atoms with Gasteiger partial charge in [-0.05, 0) is 17.7 Å². The van der Waals surface area contributed by atoms with Gasteiger partial charge >= 0.3 is 5.69 Å². The summed E-state index contributed by atoms with van der Waals surface area (Å²) in [7, 11) is 0. The van der Waals surface area contributed by atoms with E-state index in [0.717, 1.165) is 5.56 Å². The number of nitrogens with zero attached hydrogens (tertiary/aromatic N) is 2. The minimum Gasteiger partial charge on any atom is -0.319 e. The highest BCUT2D eigenvalue weighted by molar-refractivity contribution is 6.02. The van der Waals surface area contributed by atoms with Crippen LogP contribution in [0.25, 0.3) is 0 Å². The molecule has 0 spiro atoms. The highest BCUT2D eigenvalue weighted by Crippen LogP contribution is 2.08. The van der Waals surface area contributed by atoms with Crippen LogP contribution in [0.1, 0.15) is 16.1 Å². The maximum atomic E-state index is 12.3. The first-order valence-electron chi connectivity index (χ1n) is 6.77. The van der Waals surface area contributed by atoms with Crippen molar-refractivity contribution in [2.24, 2.45) is 0 Å². The number of H-pyrrole nitrogens is 1. The Labute approximate surface area is 126 Å². The molecule has 2 aromatic heterocycles. The van der Waals surface area contributed by atoms with Gasteiger partial charge in [0.2, 0.25) is 0 Å². The number of aromatic amines is 1. The number of hydrogen-bond donors (Lipinski definition) is 2. The number of benzene rings is 1. The van der Waals surface area contributed by atoms with Gasteiger partial charge in [0.25, 0.3) is 5.91 Å². The van der Waals surface area contributed by atoms with Crippen molar-refractivity contribution in [1.82, 2.24) is 14.5 Å². The van der Waals surface area contributed by atoms with Crippen LogP contribution in [0, 0.1) is 0 Å². The monoisotopic (exact) mass is 294 g/mol. The third-order valence-corrected chi connectivity index (χ3v) is 3.20. The molecular weight excluding hydrogens is 280 g/mol. The molecule has 0 aliphatic carbocycles. The van der Waals surface area contributed by atoms with Crippen molar-refractivity contribution in [3.63, 3.8) is 0 Å². The molecular formula is C16H14N4O2. The fourth-order valence-corrected chi connectivity index (χ4v) is 2.14. The number of pyridine rings is 1. The van der Waals surface area contributed by atoms with Crippen LogP contribution in [0.4, 0.5) is 5.69 Å². The number of nitrogens with one attached hydrogen (secondary N) is 2. The first-order chi connectivity index (χ1) is 10.7. The summed E-state index contributed by atoms with van der Waals surface area (Å²) in [6.07, 6.45) is 4.58. The smallest absolute Gasteiger partial charge is 0.319 e. The van der Waals surface area contributed by atoms with E-state index in [-0.39, 0.29) is 17.3 Å². The van der Waals surface area contributed by atoms with Crippen LogP contribution in [-0.2, 0) is 6.54 Å². The molecule has 2 heterocycles. The van der Waals surface area contributed by atoms with Gasteiger partial charge in [-0.25, -0.2) is 4.79 Å². The molecule has 0 aliphatic rings. The van der Waals surface area contributed by atoms with Crippen LogP contribution in [-0.4, -0.2) is 20.4 Å². The summed E-state index contributed by atoms with van der Waals surface area (Å²) in [5, 5.41) is 2.72. The second-order valence-corrected chi connectivity index (χ2v) is 4.75. The molecule has 6 heteroatoms. The summed E-state index contributed by atoms with van der Waals surface area (Å²) in [6, 6.07) is 13.0. The highest BCUT2D eigenvalue weighted by Gasteiger charge is 2.14. The molecule has 0 fully saturated rings. The number of rotatable bonds is 4. The quantitative estimate of drug-likeness (QED) is 0.771. The van der Waals surface area contributed by atoms with Crippen molar-refractivity contribution in [2.45, 2.75) is 6.54 Å². The number of carbonyl (C=O) groups is 1. The lowest BCUT2D eigenvalue weighted by Crippen LogP contribution is -2.24. The average Bonchev–Trinajstić information content (AvgIpc) is 2.90. The molecule has 1 amide bonds. The number of amides is 1. The van der Waals surface area contributed by atoms with E-state index in [1.807, 2.05) is 30.3 Å². The van der Waals surface area contributed by atoms with Crippen LogP contribution in [0.2, 0.25) is 0 Å². The second-order valence-electron chi connectivity index (χ2n) is 4.75. The van der Waals surface area contributed by atoms with Gasteiger partial charge in [-0.3, -0.25) is 14.3 Å². The molecule has 0 atom stereocenters. The van der Waals surface area contributed by atoms with Crippen molar-refractivity contribution in [2.75, 3.05) is 5.32 Å². The minimum absolute atomic E-state index is 0.276. The van der Waals surface area contributed by atoms with Crippen LogP contribution >= 0.6 is 0 Å². The molecule has 0 unspecified atom stereocenters. The lowest BCUT2D eigenvalue weighted by Gasteiger charge is -2.08. The number of hydrogen-bond acceptors (Lipinski definition) is 3. The summed E-state index contributed by atoms with van der Waals surface area (Å²) in [5.74, 6) is -0.359. The Balaban J connectivity index is 1.85. The number of carbonyl (C=O) groups excluding carboxylic acids is 1. The van der Waals surface area contributed by atoms with E-state index in [4.69, 9.17) is 0 Å². The van der Waals surface area contributed by atoms with E-state index < -0.39 is 0 Å². The normalized spacial score (nSPS) is 10.4. The molecule has 22 heavy (non-hydrogen) atoms. The number of anilines is 1. The molecule has 3 rings (SSSR count). The third kappa shape index (κ3) is 2.95. The van der Waals surface area contributed by atoms with E-state index in [2.05, 4.69) is 15.3 Å². The third-order valence-electron chi connectivity index (χ3n) is 3.20. The van der Waals surface area contributed by atoms with Crippen LogP contribution < -0.4 is 11.0 Å². The van der Waals surface area contributed by atoms with Crippen molar-refractivity contribution in [3.8, 4) is 0 Å². The minimum atomic E-state index is -0.359. The van der Waals surface area contributed by atoms with Gasteiger partial charge < -0.3 is 10.3 Å².